The molecule has 1 aromatic carbocycles. The van der Waals surface area contributed by atoms with Crippen LogP contribution in [0.5, 0.6) is 0 Å². The second-order valence-electron chi connectivity index (χ2n) is 2.94. The molecule has 0 spiro atoms. The summed E-state index contributed by atoms with van der Waals surface area (Å²) in [6.07, 6.45) is -2.99. The van der Waals surface area contributed by atoms with Gasteiger partial charge in [-0.1, -0.05) is 17.3 Å². The predicted octanol–water partition coefficient (Wildman–Crippen LogP) is 1.91. The topological polar surface area (TPSA) is 42.8 Å². The number of rotatable bonds is 1. The molecule has 1 aromatic heterocycles. The van der Waals surface area contributed by atoms with Crippen molar-refractivity contribution in [3.8, 4) is 11.3 Å². The molecule has 0 aliphatic carbocycles. The van der Waals surface area contributed by atoms with Gasteiger partial charge in [-0.2, -0.15) is 18.3 Å². The van der Waals surface area contributed by atoms with Gasteiger partial charge in [0, 0.05) is 10.7 Å². The third kappa shape index (κ3) is 1.83. The van der Waals surface area contributed by atoms with Crippen LogP contribution in [-0.4, -0.2) is 10.3 Å². The van der Waals surface area contributed by atoms with Gasteiger partial charge in [0.05, 0.1) is 5.56 Å². The van der Waals surface area contributed by atoms with Crippen molar-refractivity contribution < 1.29 is 18.3 Å². The summed E-state index contributed by atoms with van der Waals surface area (Å²) in [5.41, 5.74) is -0.393. The molecule has 0 radical (unpaired) electrons. The van der Waals surface area contributed by atoms with Gasteiger partial charge < -0.3 is 0 Å². The van der Waals surface area contributed by atoms with Crippen LogP contribution < -0.4 is 5.10 Å². The average molecular weight is 214 g/mol. The van der Waals surface area contributed by atoms with Crippen molar-refractivity contribution in [1.29, 1.82) is 0 Å². The van der Waals surface area contributed by atoms with E-state index in [0.717, 1.165) is 6.07 Å². The second-order valence-corrected chi connectivity index (χ2v) is 2.94. The van der Waals surface area contributed by atoms with Crippen LogP contribution in [0.25, 0.3) is 11.3 Å². The lowest BCUT2D eigenvalue weighted by Crippen LogP contribution is -2.06. The normalized spacial score (nSPS) is 11.7. The summed E-state index contributed by atoms with van der Waals surface area (Å²) in [6.45, 7) is 0. The molecule has 0 atom stereocenters. The van der Waals surface area contributed by atoms with E-state index in [1.54, 1.807) is 6.07 Å². The van der Waals surface area contributed by atoms with E-state index in [0.29, 0.717) is 0 Å². The molecule has 3 nitrogen and oxygen atoms in total. The van der Waals surface area contributed by atoms with Crippen LogP contribution in [0.1, 0.15) is 5.56 Å². The van der Waals surface area contributed by atoms with Gasteiger partial charge in [0.25, 0.3) is 0 Å². The average Bonchev–Trinajstić information content (AvgIpc) is 2.69. The number of nitrogens with one attached hydrogen (secondary N) is 2. The number of H-pyrrole nitrogens is 2. The van der Waals surface area contributed by atoms with E-state index in [9.17, 15) is 13.2 Å². The lowest BCUT2D eigenvalue weighted by Gasteiger charge is -2.08. The largest absolute Gasteiger partial charge is 0.417 e. The first-order valence-corrected chi connectivity index (χ1v) is 4.17. The van der Waals surface area contributed by atoms with E-state index in [-0.39, 0.29) is 11.3 Å². The zero-order chi connectivity index (χ0) is 10.9. The molecule has 2 aromatic rings. The molecule has 0 amide bonds. The van der Waals surface area contributed by atoms with Crippen LogP contribution in [0.2, 0.25) is 0 Å². The Kier molecular flexibility index (Phi) is 2.18. The van der Waals surface area contributed by atoms with E-state index in [1.807, 2.05) is 0 Å². The summed E-state index contributed by atoms with van der Waals surface area (Å²) < 4.78 is 37.8. The Morgan fingerprint density at radius 1 is 1.20 bits per heavy atom. The highest BCUT2D eigenvalue weighted by Gasteiger charge is 2.34. The number of nitrogens with zero attached hydrogens (tertiary/aromatic N) is 1. The Morgan fingerprint density at radius 2 is 1.93 bits per heavy atom. The highest BCUT2D eigenvalue weighted by atomic mass is 19.4. The van der Waals surface area contributed by atoms with Crippen molar-refractivity contribution in [2.75, 3.05) is 0 Å². The molecule has 0 aliphatic rings. The number of halogens is 3. The van der Waals surface area contributed by atoms with Crippen LogP contribution in [0, 0.1) is 0 Å². The third-order valence-electron chi connectivity index (χ3n) is 1.96. The molecule has 0 fully saturated rings. The van der Waals surface area contributed by atoms with Crippen molar-refractivity contribution >= 4 is 0 Å². The summed E-state index contributed by atoms with van der Waals surface area (Å²) in [4.78, 5) is 0. The van der Waals surface area contributed by atoms with Crippen LogP contribution in [-0.2, 0) is 6.18 Å². The Bertz CT molecular complexity index is 448. The van der Waals surface area contributed by atoms with Gasteiger partial charge >= 0.3 is 6.18 Å². The zero-order valence-corrected chi connectivity index (χ0v) is 7.47. The third-order valence-corrected chi connectivity index (χ3v) is 1.96. The maximum Gasteiger partial charge on any atom is 0.417 e. The molecule has 0 unspecified atom stereocenters. The van der Waals surface area contributed by atoms with Crippen molar-refractivity contribution in [1.82, 2.24) is 10.3 Å². The van der Waals surface area contributed by atoms with Crippen molar-refractivity contribution in [3.05, 3.63) is 36.0 Å². The number of benzene rings is 1. The number of hydrogen-bond acceptors (Lipinski definition) is 1. The molecule has 2 rings (SSSR count). The Hall–Kier alpha value is -1.85. The van der Waals surface area contributed by atoms with Gasteiger partial charge in [-0.15, -0.1) is 0 Å². The fraction of sp³-hybridized carbons (Fsp3) is 0.111. The molecule has 2 N–H and O–H groups in total. The van der Waals surface area contributed by atoms with E-state index >= 15 is 0 Å². The molecular formula is C9H7F3N3+. The molecule has 1 heterocycles. The molecular weight excluding hydrogens is 207 g/mol. The maximum absolute atomic E-state index is 12.6. The fourth-order valence-electron chi connectivity index (χ4n) is 1.32. The number of aromatic nitrogens is 3. The molecule has 0 aliphatic heterocycles. The minimum Gasteiger partial charge on any atom is -0.176 e. The van der Waals surface area contributed by atoms with Gasteiger partial charge in [-0.25, -0.2) is 0 Å². The summed E-state index contributed by atoms with van der Waals surface area (Å²) >= 11 is 0. The molecule has 78 valence electrons. The standard InChI is InChI=1S/C9H6F3N3/c10-9(11,12)7-4-2-1-3-6(7)8-5-13-15-14-8/h1-5H,(H,13,14,15)/p+1. The first kappa shape index (κ1) is 9.70. The Balaban J connectivity index is 2.58. The maximum atomic E-state index is 12.6. The molecule has 0 saturated carbocycles. The first-order valence-electron chi connectivity index (χ1n) is 4.17. The van der Waals surface area contributed by atoms with Gasteiger partial charge in [0.15, 0.2) is 6.20 Å². The number of alkyl halides is 3. The lowest BCUT2D eigenvalue weighted by atomic mass is 10.1. The molecule has 15 heavy (non-hydrogen) atoms. The zero-order valence-electron chi connectivity index (χ0n) is 7.47. The monoisotopic (exact) mass is 214 g/mol. The summed E-state index contributed by atoms with van der Waals surface area (Å²) in [7, 11) is 0. The van der Waals surface area contributed by atoms with Gasteiger partial charge in [-0.3, -0.25) is 0 Å². The molecule has 0 bridgehead atoms. The van der Waals surface area contributed by atoms with Crippen molar-refractivity contribution in [2.45, 2.75) is 6.18 Å². The van der Waals surface area contributed by atoms with Gasteiger partial charge in [-0.05, 0) is 12.1 Å². The van der Waals surface area contributed by atoms with Gasteiger partial charge in [0.2, 0.25) is 5.69 Å². The van der Waals surface area contributed by atoms with Gasteiger partial charge in [0.1, 0.15) is 0 Å². The number of aromatic amines is 2. The van der Waals surface area contributed by atoms with Crippen LogP contribution >= 0.6 is 0 Å². The fourth-order valence-corrected chi connectivity index (χ4v) is 1.32. The molecule has 0 saturated heterocycles. The van der Waals surface area contributed by atoms with Crippen molar-refractivity contribution in [2.24, 2.45) is 0 Å². The lowest BCUT2D eigenvalue weighted by molar-refractivity contribution is -0.454. The smallest absolute Gasteiger partial charge is 0.176 e. The summed E-state index contributed by atoms with van der Waals surface area (Å²) in [6, 6.07) is 5.30. The quantitative estimate of drug-likeness (QED) is 0.774. The molecule has 6 heteroatoms. The number of hydrogen-bond donors (Lipinski definition) is 1. The predicted molar refractivity (Wildman–Crippen MR) is 45.6 cm³/mol. The first-order chi connectivity index (χ1) is 7.09. The van der Waals surface area contributed by atoms with Crippen LogP contribution in [0.3, 0.4) is 0 Å². The SMILES string of the molecule is FC(F)(F)c1ccccc1-c1c[nH+][nH]n1. The Morgan fingerprint density at radius 3 is 2.53 bits per heavy atom. The van der Waals surface area contributed by atoms with E-state index < -0.39 is 11.7 Å². The van der Waals surface area contributed by atoms with E-state index in [1.165, 1.54) is 18.3 Å². The minimum absolute atomic E-state index is 0.0579. The highest BCUT2D eigenvalue weighted by Crippen LogP contribution is 2.35. The van der Waals surface area contributed by atoms with E-state index in [4.69, 9.17) is 0 Å². The van der Waals surface area contributed by atoms with E-state index in [2.05, 4.69) is 15.4 Å². The van der Waals surface area contributed by atoms with Crippen LogP contribution in [0.15, 0.2) is 30.5 Å². The second kappa shape index (κ2) is 3.38. The highest BCUT2D eigenvalue weighted by molar-refractivity contribution is 5.62. The minimum atomic E-state index is -4.37. The van der Waals surface area contributed by atoms with Crippen LogP contribution in [0.4, 0.5) is 13.2 Å². The Labute approximate surface area is 82.9 Å². The summed E-state index contributed by atoms with van der Waals surface area (Å²) in [5, 5.41) is 8.55. The van der Waals surface area contributed by atoms with Crippen molar-refractivity contribution in [3.63, 3.8) is 0 Å². The summed E-state index contributed by atoms with van der Waals surface area (Å²) in [5.74, 6) is 0.